The number of aryl methyl sites for hydroxylation is 1. The second-order valence-corrected chi connectivity index (χ2v) is 12.3. The number of hydrogen-bond acceptors (Lipinski definition) is 5. The second kappa shape index (κ2) is 12.3. The maximum Gasteiger partial charge on any atom is 0.335 e. The van der Waals surface area contributed by atoms with Gasteiger partial charge in [-0.2, -0.15) is 5.10 Å². The summed E-state index contributed by atoms with van der Waals surface area (Å²) in [7, 11) is 0. The summed E-state index contributed by atoms with van der Waals surface area (Å²) in [6.07, 6.45) is 10.0. The van der Waals surface area contributed by atoms with Crippen LogP contribution in [0.3, 0.4) is 0 Å². The molecular weight excluding hydrogens is 518 g/mol. The predicted octanol–water partition coefficient (Wildman–Crippen LogP) is 4.62. The second-order valence-electron chi connectivity index (χ2n) is 12.3. The van der Waals surface area contributed by atoms with E-state index in [2.05, 4.69) is 17.1 Å². The molecule has 222 valence electrons. The lowest BCUT2D eigenvalue weighted by molar-refractivity contribution is -0.162. The number of unbranched alkanes of at least 4 members (excludes halogenated alkanes) is 1. The first-order valence-corrected chi connectivity index (χ1v) is 15.5. The summed E-state index contributed by atoms with van der Waals surface area (Å²) in [6, 6.07) is 6.37. The van der Waals surface area contributed by atoms with Crippen LogP contribution in [-0.4, -0.2) is 73.7 Å². The normalized spacial score (nSPS) is 21.8. The number of carboxylic acids is 1. The van der Waals surface area contributed by atoms with Crippen molar-refractivity contribution in [3.05, 3.63) is 46.8 Å². The number of likely N-dealkylation sites (tertiary alicyclic amines) is 1. The van der Waals surface area contributed by atoms with Crippen LogP contribution in [0.4, 0.5) is 0 Å². The summed E-state index contributed by atoms with van der Waals surface area (Å²) in [5, 5.41) is 17.2. The Hall–Kier alpha value is -3.20. The number of piperazine rings is 1. The van der Waals surface area contributed by atoms with Gasteiger partial charge in [0, 0.05) is 37.4 Å². The molecule has 3 heterocycles. The van der Waals surface area contributed by atoms with Gasteiger partial charge >= 0.3 is 5.97 Å². The monoisotopic (exact) mass is 563 g/mol. The van der Waals surface area contributed by atoms with Crippen LogP contribution in [0, 0.1) is 19.8 Å². The number of aromatic carboxylic acids is 1. The maximum atomic E-state index is 13.8. The lowest BCUT2D eigenvalue weighted by atomic mass is 9.79. The molecule has 3 fully saturated rings. The molecule has 5 rings (SSSR count). The van der Waals surface area contributed by atoms with E-state index in [4.69, 9.17) is 5.10 Å². The third-order valence-corrected chi connectivity index (χ3v) is 9.70. The third kappa shape index (κ3) is 5.92. The van der Waals surface area contributed by atoms with Gasteiger partial charge in [0.05, 0.1) is 16.9 Å². The molecule has 1 aromatic heterocycles. The molecule has 1 unspecified atom stereocenters. The summed E-state index contributed by atoms with van der Waals surface area (Å²) in [5.41, 5.74) is 3.41. The molecule has 1 spiro atoms. The fourth-order valence-electron chi connectivity index (χ4n) is 7.13. The predicted molar refractivity (Wildman–Crippen MR) is 157 cm³/mol. The van der Waals surface area contributed by atoms with Gasteiger partial charge in [-0.3, -0.25) is 14.5 Å². The van der Waals surface area contributed by atoms with E-state index in [1.165, 1.54) is 19.3 Å². The number of nitrogens with one attached hydrogen (secondary N) is 1. The highest BCUT2D eigenvalue weighted by Crippen LogP contribution is 2.36. The van der Waals surface area contributed by atoms with E-state index in [-0.39, 0.29) is 23.4 Å². The number of hydrogen-bond donors (Lipinski definition) is 2. The molecule has 3 aliphatic rings. The average Bonchev–Trinajstić information content (AvgIpc) is 3.26. The Bertz CT molecular complexity index is 1260. The Morgan fingerprint density at radius 2 is 1.76 bits per heavy atom. The lowest BCUT2D eigenvalue weighted by Gasteiger charge is -2.52. The van der Waals surface area contributed by atoms with Crippen molar-refractivity contribution < 1.29 is 19.5 Å². The van der Waals surface area contributed by atoms with Crippen LogP contribution >= 0.6 is 0 Å². The van der Waals surface area contributed by atoms with Crippen LogP contribution in [0.15, 0.2) is 24.3 Å². The quantitative estimate of drug-likeness (QED) is 0.461. The van der Waals surface area contributed by atoms with Crippen molar-refractivity contribution in [3.63, 3.8) is 0 Å². The van der Waals surface area contributed by atoms with E-state index in [0.717, 1.165) is 74.4 Å². The van der Waals surface area contributed by atoms with Gasteiger partial charge in [-0.05, 0) is 69.7 Å². The van der Waals surface area contributed by atoms with Crippen LogP contribution in [0.2, 0.25) is 0 Å². The minimum absolute atomic E-state index is 0.0404. The molecule has 9 nitrogen and oxygen atoms in total. The van der Waals surface area contributed by atoms with E-state index in [1.807, 2.05) is 23.4 Å². The number of carboxylic acid groups (broad SMARTS) is 1. The van der Waals surface area contributed by atoms with Gasteiger partial charge in [0.1, 0.15) is 11.6 Å². The first-order valence-electron chi connectivity index (χ1n) is 15.5. The van der Waals surface area contributed by atoms with E-state index in [0.29, 0.717) is 25.3 Å². The number of amides is 2. The third-order valence-electron chi connectivity index (χ3n) is 9.70. The molecule has 1 aromatic carbocycles. The first-order chi connectivity index (χ1) is 19.7. The van der Waals surface area contributed by atoms with Gasteiger partial charge in [-0.15, -0.1) is 0 Å². The smallest absolute Gasteiger partial charge is 0.335 e. The van der Waals surface area contributed by atoms with Gasteiger partial charge in [0.15, 0.2) is 0 Å². The Morgan fingerprint density at radius 1 is 1.07 bits per heavy atom. The molecule has 1 atom stereocenters. The molecule has 9 heteroatoms. The number of piperidine rings is 1. The van der Waals surface area contributed by atoms with Crippen LogP contribution in [0.5, 0.6) is 0 Å². The van der Waals surface area contributed by atoms with Gasteiger partial charge in [0.2, 0.25) is 11.8 Å². The van der Waals surface area contributed by atoms with Crippen molar-refractivity contribution in [1.82, 2.24) is 24.9 Å². The van der Waals surface area contributed by atoms with Gasteiger partial charge < -0.3 is 15.3 Å². The van der Waals surface area contributed by atoms with Crippen LogP contribution in [0.1, 0.15) is 98.4 Å². The molecule has 2 N–H and O–H groups in total. The Kier molecular flexibility index (Phi) is 8.82. The first kappa shape index (κ1) is 29.3. The molecule has 1 aliphatic carbocycles. The molecule has 2 aliphatic heterocycles. The average molecular weight is 564 g/mol. The summed E-state index contributed by atoms with van der Waals surface area (Å²) in [4.78, 5) is 43.2. The molecule has 2 amide bonds. The number of carbonyl (C=O) groups excluding carboxylic acids is 2. The summed E-state index contributed by atoms with van der Waals surface area (Å²) in [5.74, 6) is -0.253. The van der Waals surface area contributed by atoms with Gasteiger partial charge in [-0.1, -0.05) is 45.4 Å². The lowest BCUT2D eigenvalue weighted by Crippen LogP contribution is -2.73. The summed E-state index contributed by atoms with van der Waals surface area (Å²) in [6.45, 7) is 9.00. The zero-order chi connectivity index (χ0) is 29.1. The SMILES string of the molecule is CCCCN1C(=O)C(CC2CCCCC2)NC(=O)C12CCN(Cc1c(C)nn(-c3ccc(C(=O)O)cc3)c1C)CC2. The molecule has 2 aromatic rings. The molecule has 41 heavy (non-hydrogen) atoms. The van der Waals surface area contributed by atoms with E-state index >= 15 is 0 Å². The highest BCUT2D eigenvalue weighted by atomic mass is 16.4. The van der Waals surface area contributed by atoms with E-state index in [9.17, 15) is 19.5 Å². The number of carbonyl (C=O) groups is 3. The van der Waals surface area contributed by atoms with E-state index < -0.39 is 11.5 Å². The Labute approximate surface area is 243 Å². The number of benzene rings is 1. The van der Waals surface area contributed by atoms with E-state index in [1.54, 1.807) is 24.3 Å². The molecule has 0 radical (unpaired) electrons. The van der Waals surface area contributed by atoms with Crippen LogP contribution in [-0.2, 0) is 16.1 Å². The van der Waals surface area contributed by atoms with Crippen molar-refractivity contribution >= 4 is 17.8 Å². The maximum absolute atomic E-state index is 13.8. The largest absolute Gasteiger partial charge is 0.478 e. The summed E-state index contributed by atoms with van der Waals surface area (Å²) >= 11 is 0. The minimum atomic E-state index is -0.949. The van der Waals surface area contributed by atoms with Crippen molar-refractivity contribution in [2.24, 2.45) is 5.92 Å². The zero-order valence-corrected chi connectivity index (χ0v) is 24.8. The highest BCUT2D eigenvalue weighted by molar-refractivity contribution is 6.00. The van der Waals surface area contributed by atoms with Crippen molar-refractivity contribution in [2.75, 3.05) is 19.6 Å². The number of aromatic nitrogens is 2. The standard InChI is InChI=1S/C32H45N5O4/c1-4-5-17-36-29(38)28(20-24-9-7-6-8-10-24)33-31(41)32(36)15-18-35(19-16-32)21-27-22(2)34-37(23(27)3)26-13-11-25(12-14-26)30(39)40/h11-14,24,28H,4-10,15-21H2,1-3H3,(H,33,41)(H,39,40). The molecular formula is C32H45N5O4. The molecule has 1 saturated carbocycles. The Morgan fingerprint density at radius 3 is 2.39 bits per heavy atom. The highest BCUT2D eigenvalue weighted by Gasteiger charge is 2.53. The van der Waals surface area contributed by atoms with Crippen LogP contribution in [0.25, 0.3) is 5.69 Å². The van der Waals surface area contributed by atoms with Crippen molar-refractivity contribution in [3.8, 4) is 5.69 Å². The zero-order valence-electron chi connectivity index (χ0n) is 24.8. The topological polar surface area (TPSA) is 108 Å². The van der Waals surface area contributed by atoms with Gasteiger partial charge in [-0.25, -0.2) is 9.48 Å². The fourth-order valence-corrected chi connectivity index (χ4v) is 7.13. The fraction of sp³-hybridized carbons (Fsp3) is 0.625. The van der Waals surface area contributed by atoms with Crippen LogP contribution < -0.4 is 5.32 Å². The Balaban J connectivity index is 1.28. The molecule has 2 saturated heterocycles. The van der Waals surface area contributed by atoms with Crippen molar-refractivity contribution in [2.45, 2.75) is 103 Å². The van der Waals surface area contributed by atoms with Crippen molar-refractivity contribution in [1.29, 1.82) is 0 Å². The van der Waals surface area contributed by atoms with Gasteiger partial charge in [0.25, 0.3) is 0 Å². The number of rotatable bonds is 9. The molecule has 0 bridgehead atoms. The summed E-state index contributed by atoms with van der Waals surface area (Å²) < 4.78 is 1.87. The number of nitrogens with zero attached hydrogens (tertiary/aromatic N) is 4. The minimum Gasteiger partial charge on any atom is -0.478 e.